The molecule has 0 spiro atoms. The molecule has 1 fully saturated rings. The predicted octanol–water partition coefficient (Wildman–Crippen LogP) is 2.30. The van der Waals surface area contributed by atoms with Crippen molar-refractivity contribution >= 4 is 47.6 Å². The summed E-state index contributed by atoms with van der Waals surface area (Å²) >= 11 is 0. The average Bonchev–Trinajstić information content (AvgIpc) is 3.13. The number of hydrogen-bond acceptors (Lipinski definition) is 7. The molecule has 1 unspecified atom stereocenters. The molecule has 1 atom stereocenters. The van der Waals surface area contributed by atoms with Gasteiger partial charge in [-0.2, -0.15) is 0 Å². The van der Waals surface area contributed by atoms with Gasteiger partial charge in [0.1, 0.15) is 11.4 Å². The third-order valence-corrected chi connectivity index (χ3v) is 5.51. The van der Waals surface area contributed by atoms with Gasteiger partial charge in [0.2, 0.25) is 0 Å². The Morgan fingerprint density at radius 1 is 1.28 bits per heavy atom. The van der Waals surface area contributed by atoms with Crippen LogP contribution in [0.25, 0.3) is 0 Å². The summed E-state index contributed by atoms with van der Waals surface area (Å²) in [6.45, 7) is 9.68. The van der Waals surface area contributed by atoms with Crippen LogP contribution < -0.4 is 15.0 Å². The minimum Gasteiger partial charge on any atom is -0.482 e. The third-order valence-electron chi connectivity index (χ3n) is 5.51. The highest BCUT2D eigenvalue weighted by molar-refractivity contribution is 14.0. The van der Waals surface area contributed by atoms with E-state index in [0.29, 0.717) is 32.7 Å². The first-order chi connectivity index (χ1) is 14.8. The lowest BCUT2D eigenvalue weighted by molar-refractivity contribution is -0.121. The summed E-state index contributed by atoms with van der Waals surface area (Å²) in [5, 5.41) is 3.41. The molecular weight excluding hydrogens is 525 g/mol. The smallest absolute Gasteiger partial charge is 0.410 e. The largest absolute Gasteiger partial charge is 0.482 e. The number of carbonyl (C=O) groups is 2. The molecule has 3 aliphatic rings. The molecule has 0 aliphatic carbocycles. The number of amides is 2. The highest BCUT2D eigenvalue weighted by Gasteiger charge is 2.36. The van der Waals surface area contributed by atoms with Crippen molar-refractivity contribution < 1.29 is 19.1 Å². The summed E-state index contributed by atoms with van der Waals surface area (Å²) in [7, 11) is 0. The molecule has 1 aromatic rings. The lowest BCUT2D eigenvalue weighted by atomic mass is 10.2. The van der Waals surface area contributed by atoms with Crippen LogP contribution in [0.15, 0.2) is 29.3 Å². The van der Waals surface area contributed by atoms with Crippen LogP contribution in [-0.4, -0.2) is 85.3 Å². The number of rotatable bonds is 4. The average molecular weight is 557 g/mol. The summed E-state index contributed by atoms with van der Waals surface area (Å²) in [5.41, 5.74) is 0.338. The van der Waals surface area contributed by atoms with Crippen LogP contribution >= 0.6 is 24.0 Å². The summed E-state index contributed by atoms with van der Waals surface area (Å²) in [5.74, 6) is 1.61. The van der Waals surface area contributed by atoms with Crippen LogP contribution in [0.4, 0.5) is 10.5 Å². The molecule has 10 heteroatoms. The summed E-state index contributed by atoms with van der Waals surface area (Å²) in [6, 6.07) is 7.80. The quantitative estimate of drug-likeness (QED) is 0.452. The van der Waals surface area contributed by atoms with E-state index in [4.69, 9.17) is 9.47 Å². The Balaban J connectivity index is 0.00000289. The molecule has 0 saturated carbocycles. The number of anilines is 1. The molecule has 9 nitrogen and oxygen atoms in total. The molecular formula is C22H32IN5O4. The number of nitrogens with zero attached hydrogens (tertiary/aromatic N) is 4. The van der Waals surface area contributed by atoms with Gasteiger partial charge in [0.25, 0.3) is 5.91 Å². The second-order valence-corrected chi connectivity index (χ2v) is 9.02. The predicted molar refractivity (Wildman–Crippen MR) is 133 cm³/mol. The van der Waals surface area contributed by atoms with Crippen molar-refractivity contribution in [3.63, 3.8) is 0 Å². The molecule has 3 aliphatic heterocycles. The second-order valence-electron chi connectivity index (χ2n) is 9.02. The normalized spacial score (nSPS) is 20.0. The molecule has 3 heterocycles. The van der Waals surface area contributed by atoms with E-state index in [9.17, 15) is 9.59 Å². The summed E-state index contributed by atoms with van der Waals surface area (Å²) in [6.07, 6.45) is 0.533. The second kappa shape index (κ2) is 10.1. The molecule has 1 saturated heterocycles. The maximum absolute atomic E-state index is 12.4. The van der Waals surface area contributed by atoms with Crippen LogP contribution in [0.1, 0.15) is 27.2 Å². The fourth-order valence-corrected chi connectivity index (χ4v) is 4.06. The highest BCUT2D eigenvalue weighted by atomic mass is 127. The Morgan fingerprint density at radius 2 is 2.06 bits per heavy atom. The van der Waals surface area contributed by atoms with Crippen molar-refractivity contribution in [1.82, 2.24) is 15.1 Å². The number of benzene rings is 1. The molecule has 32 heavy (non-hydrogen) atoms. The highest BCUT2D eigenvalue weighted by Crippen LogP contribution is 2.31. The third kappa shape index (κ3) is 5.57. The zero-order chi connectivity index (χ0) is 22.0. The fourth-order valence-electron chi connectivity index (χ4n) is 4.06. The van der Waals surface area contributed by atoms with E-state index in [1.165, 1.54) is 0 Å². The Morgan fingerprint density at radius 3 is 2.84 bits per heavy atom. The van der Waals surface area contributed by atoms with E-state index >= 15 is 0 Å². The molecule has 176 valence electrons. The van der Waals surface area contributed by atoms with E-state index in [-0.39, 0.29) is 48.6 Å². The number of ether oxygens (including phenoxy) is 2. The Kier molecular flexibility index (Phi) is 7.73. The molecule has 1 N–H and O–H groups in total. The number of aliphatic imine (C=N–C) groups is 1. The van der Waals surface area contributed by atoms with Crippen LogP contribution in [0.2, 0.25) is 0 Å². The number of fused-ring (bicyclic) bond motifs is 2. The SMILES string of the molecule is CC(C)(C)OC(=O)N1CCN2C(NCCCN3C(=O)COc4ccccc43)=NCC2C1.I. The minimum absolute atomic E-state index is 0. The van der Waals surface area contributed by atoms with Crippen molar-refractivity contribution in [3.05, 3.63) is 24.3 Å². The van der Waals surface area contributed by atoms with Gasteiger partial charge in [-0.1, -0.05) is 12.1 Å². The number of piperazine rings is 1. The van der Waals surface area contributed by atoms with Crippen LogP contribution in [0.5, 0.6) is 5.75 Å². The first kappa shape index (κ1) is 24.4. The van der Waals surface area contributed by atoms with E-state index < -0.39 is 5.60 Å². The van der Waals surface area contributed by atoms with E-state index in [2.05, 4.69) is 15.2 Å². The number of halogens is 1. The first-order valence-electron chi connectivity index (χ1n) is 10.9. The Bertz CT molecular complexity index is 872. The van der Waals surface area contributed by atoms with E-state index in [0.717, 1.165) is 30.4 Å². The van der Waals surface area contributed by atoms with Crippen molar-refractivity contribution in [1.29, 1.82) is 0 Å². The number of guanidine groups is 1. The molecule has 1 aromatic carbocycles. The lowest BCUT2D eigenvalue weighted by Gasteiger charge is -2.39. The maximum Gasteiger partial charge on any atom is 0.410 e. The number of nitrogens with one attached hydrogen (secondary N) is 1. The van der Waals surface area contributed by atoms with Gasteiger partial charge in [0.15, 0.2) is 12.6 Å². The van der Waals surface area contributed by atoms with Crippen LogP contribution in [0.3, 0.4) is 0 Å². The van der Waals surface area contributed by atoms with Crippen molar-refractivity contribution in [2.75, 3.05) is 50.8 Å². The minimum atomic E-state index is -0.491. The monoisotopic (exact) mass is 557 g/mol. The molecule has 2 amide bonds. The zero-order valence-electron chi connectivity index (χ0n) is 18.9. The van der Waals surface area contributed by atoms with Crippen molar-refractivity contribution in [3.8, 4) is 5.75 Å². The van der Waals surface area contributed by atoms with Gasteiger partial charge in [0, 0.05) is 32.7 Å². The molecule has 0 bridgehead atoms. The van der Waals surface area contributed by atoms with Gasteiger partial charge >= 0.3 is 6.09 Å². The summed E-state index contributed by atoms with van der Waals surface area (Å²) < 4.78 is 11.0. The molecule has 4 rings (SSSR count). The summed E-state index contributed by atoms with van der Waals surface area (Å²) in [4.78, 5) is 35.1. The van der Waals surface area contributed by atoms with Crippen molar-refractivity contribution in [2.45, 2.75) is 38.8 Å². The Labute approximate surface area is 206 Å². The topological polar surface area (TPSA) is 86.7 Å². The maximum atomic E-state index is 12.4. The molecule has 0 radical (unpaired) electrons. The van der Waals surface area contributed by atoms with Gasteiger partial charge in [-0.25, -0.2) is 4.79 Å². The first-order valence-corrected chi connectivity index (χ1v) is 10.9. The number of carbonyl (C=O) groups excluding carboxylic acids is 2. The number of hydrogen-bond donors (Lipinski definition) is 1. The van der Waals surface area contributed by atoms with Crippen LogP contribution in [0, 0.1) is 0 Å². The zero-order valence-corrected chi connectivity index (χ0v) is 21.2. The Hall–Kier alpha value is -2.24. The van der Waals surface area contributed by atoms with Crippen LogP contribution in [-0.2, 0) is 9.53 Å². The van der Waals surface area contributed by atoms with Gasteiger partial charge in [-0.15, -0.1) is 24.0 Å². The number of para-hydroxylation sites is 2. The molecule has 0 aromatic heterocycles. The van der Waals surface area contributed by atoms with Crippen molar-refractivity contribution in [2.24, 2.45) is 4.99 Å². The van der Waals surface area contributed by atoms with Gasteiger partial charge in [0.05, 0.1) is 18.3 Å². The van der Waals surface area contributed by atoms with Gasteiger partial charge in [-0.3, -0.25) is 9.79 Å². The lowest BCUT2D eigenvalue weighted by Crippen LogP contribution is -2.57. The van der Waals surface area contributed by atoms with E-state index in [1.807, 2.05) is 45.0 Å². The van der Waals surface area contributed by atoms with E-state index in [1.54, 1.807) is 9.80 Å². The fraction of sp³-hybridized carbons (Fsp3) is 0.591. The standard InChI is InChI=1S/C22H31N5O4.HI/c1-22(2,3)31-21(29)25-11-12-26-16(14-25)13-24-20(26)23-9-6-10-27-17-7-4-5-8-18(17)30-15-19(27)28;/h4-5,7-8,16H,6,9-15H2,1-3H3,(H,23,24);1H. The van der Waals surface area contributed by atoms with Gasteiger partial charge < -0.3 is 29.5 Å². The van der Waals surface area contributed by atoms with Gasteiger partial charge in [-0.05, 0) is 39.3 Å².